The van der Waals surface area contributed by atoms with Gasteiger partial charge in [0.2, 0.25) is 0 Å². The zero-order valence-electron chi connectivity index (χ0n) is 15.2. The van der Waals surface area contributed by atoms with Crippen LogP contribution < -0.4 is 4.90 Å². The molecule has 0 radical (unpaired) electrons. The predicted octanol–water partition coefficient (Wildman–Crippen LogP) is 5.01. The fourth-order valence-corrected chi connectivity index (χ4v) is 6.51. The minimum absolute atomic E-state index is 0.171. The highest BCUT2D eigenvalue weighted by Crippen LogP contribution is 2.37. The maximum absolute atomic E-state index is 13.1. The molecule has 1 N–H and O–H groups in total. The summed E-state index contributed by atoms with van der Waals surface area (Å²) in [6.07, 6.45) is 0. The van der Waals surface area contributed by atoms with Gasteiger partial charge in [0.25, 0.3) is 10.0 Å². The molecule has 0 amide bonds. The molecule has 1 aromatic heterocycles. The Morgan fingerprint density at radius 1 is 1.03 bits per heavy atom. The van der Waals surface area contributed by atoms with Crippen LogP contribution in [0, 0.1) is 0 Å². The SMILES string of the molecule is O=S(=O)(c1cccs1)N1CCN(c2ccc(O)cc2)[C@H](c2cc(Cl)ccc2Cl)C1. The molecule has 0 spiro atoms. The summed E-state index contributed by atoms with van der Waals surface area (Å²) in [5, 5.41) is 12.4. The second-order valence-electron chi connectivity index (χ2n) is 6.69. The number of aromatic hydroxyl groups is 1. The van der Waals surface area contributed by atoms with Gasteiger partial charge in [-0.15, -0.1) is 11.3 Å². The van der Waals surface area contributed by atoms with Crippen LogP contribution in [0.15, 0.2) is 64.2 Å². The molecule has 0 aliphatic carbocycles. The van der Waals surface area contributed by atoms with Crippen LogP contribution in [-0.2, 0) is 10.0 Å². The van der Waals surface area contributed by atoms with Gasteiger partial charge in [-0.1, -0.05) is 29.3 Å². The first-order chi connectivity index (χ1) is 13.9. The molecule has 1 aliphatic heterocycles. The van der Waals surface area contributed by atoms with Crippen molar-refractivity contribution in [2.75, 3.05) is 24.5 Å². The third-order valence-corrected chi connectivity index (χ3v) is 8.75. The van der Waals surface area contributed by atoms with E-state index in [9.17, 15) is 13.5 Å². The molecule has 29 heavy (non-hydrogen) atoms. The number of phenolic OH excluding ortho intramolecular Hbond substituents is 1. The number of piperazine rings is 1. The van der Waals surface area contributed by atoms with E-state index in [1.165, 1.54) is 15.6 Å². The Labute approximate surface area is 183 Å². The van der Waals surface area contributed by atoms with E-state index in [1.807, 2.05) is 12.1 Å². The molecule has 9 heteroatoms. The van der Waals surface area contributed by atoms with E-state index in [0.717, 1.165) is 11.3 Å². The lowest BCUT2D eigenvalue weighted by atomic mass is 10.0. The average molecular weight is 469 g/mol. The number of halogens is 2. The first kappa shape index (κ1) is 20.5. The summed E-state index contributed by atoms with van der Waals surface area (Å²) >= 11 is 13.9. The zero-order valence-corrected chi connectivity index (χ0v) is 18.3. The first-order valence-electron chi connectivity index (χ1n) is 8.90. The minimum Gasteiger partial charge on any atom is -0.508 e. The number of anilines is 1. The van der Waals surface area contributed by atoms with Gasteiger partial charge in [-0.2, -0.15) is 4.31 Å². The van der Waals surface area contributed by atoms with Crippen molar-refractivity contribution in [1.29, 1.82) is 0 Å². The Hall–Kier alpha value is -1.77. The van der Waals surface area contributed by atoms with Gasteiger partial charge in [-0.05, 0) is 59.5 Å². The summed E-state index contributed by atoms with van der Waals surface area (Å²) in [6, 6.07) is 15.1. The van der Waals surface area contributed by atoms with Crippen molar-refractivity contribution < 1.29 is 13.5 Å². The number of sulfonamides is 1. The number of thiophene rings is 1. The number of hydrogen-bond acceptors (Lipinski definition) is 5. The van der Waals surface area contributed by atoms with Crippen LogP contribution in [0.5, 0.6) is 5.75 Å². The van der Waals surface area contributed by atoms with E-state index >= 15 is 0 Å². The van der Waals surface area contributed by atoms with E-state index in [-0.39, 0.29) is 18.3 Å². The van der Waals surface area contributed by atoms with Crippen LogP contribution in [0.25, 0.3) is 0 Å². The van der Waals surface area contributed by atoms with Crippen molar-refractivity contribution >= 4 is 50.2 Å². The van der Waals surface area contributed by atoms with Crippen molar-refractivity contribution in [3.63, 3.8) is 0 Å². The Kier molecular flexibility index (Phi) is 5.77. The number of rotatable bonds is 4. The summed E-state index contributed by atoms with van der Waals surface area (Å²) in [5.41, 5.74) is 1.63. The Morgan fingerprint density at radius 3 is 2.48 bits per heavy atom. The molecule has 3 aromatic rings. The molecule has 0 saturated carbocycles. The van der Waals surface area contributed by atoms with Gasteiger partial charge in [-0.25, -0.2) is 8.42 Å². The third-order valence-electron chi connectivity index (χ3n) is 4.93. The average Bonchev–Trinajstić information content (AvgIpc) is 3.26. The maximum Gasteiger partial charge on any atom is 0.252 e. The van der Waals surface area contributed by atoms with Crippen LogP contribution in [0.2, 0.25) is 10.0 Å². The molecule has 152 valence electrons. The fraction of sp³-hybridized carbons (Fsp3) is 0.200. The molecule has 1 aliphatic rings. The Balaban J connectivity index is 1.75. The number of phenols is 1. The summed E-state index contributed by atoms with van der Waals surface area (Å²) in [7, 11) is -3.59. The summed E-state index contributed by atoms with van der Waals surface area (Å²) in [4.78, 5) is 2.09. The smallest absolute Gasteiger partial charge is 0.252 e. The summed E-state index contributed by atoms with van der Waals surface area (Å²) in [5.74, 6) is 0.171. The largest absolute Gasteiger partial charge is 0.508 e. The normalized spacial score (nSPS) is 18.1. The van der Waals surface area contributed by atoms with Crippen LogP contribution in [0.4, 0.5) is 5.69 Å². The molecule has 1 atom stereocenters. The molecular formula is C20H18Cl2N2O3S2. The van der Waals surface area contributed by atoms with Crippen LogP contribution in [-0.4, -0.2) is 37.5 Å². The Bertz CT molecular complexity index is 1100. The molecule has 2 aromatic carbocycles. The third kappa shape index (κ3) is 4.11. The lowest BCUT2D eigenvalue weighted by Crippen LogP contribution is -2.50. The van der Waals surface area contributed by atoms with Gasteiger partial charge in [0, 0.05) is 35.4 Å². The van der Waals surface area contributed by atoms with Gasteiger partial charge in [0.1, 0.15) is 9.96 Å². The van der Waals surface area contributed by atoms with E-state index in [2.05, 4.69) is 4.90 Å². The number of nitrogens with zero attached hydrogens (tertiary/aromatic N) is 2. The van der Waals surface area contributed by atoms with Gasteiger partial charge < -0.3 is 10.0 Å². The van der Waals surface area contributed by atoms with Gasteiger partial charge in [0.15, 0.2) is 0 Å². The van der Waals surface area contributed by atoms with Crippen molar-refractivity contribution in [3.05, 3.63) is 75.6 Å². The highest BCUT2D eigenvalue weighted by atomic mass is 35.5. The molecular weight excluding hydrogens is 451 g/mol. The van der Waals surface area contributed by atoms with Crippen molar-refractivity contribution in [2.24, 2.45) is 0 Å². The second kappa shape index (κ2) is 8.16. The van der Waals surface area contributed by atoms with Gasteiger partial charge in [0.05, 0.1) is 6.04 Å². The lowest BCUT2D eigenvalue weighted by Gasteiger charge is -2.42. The van der Waals surface area contributed by atoms with E-state index < -0.39 is 10.0 Å². The molecule has 2 heterocycles. The van der Waals surface area contributed by atoms with E-state index in [1.54, 1.807) is 47.8 Å². The molecule has 0 bridgehead atoms. The minimum atomic E-state index is -3.59. The van der Waals surface area contributed by atoms with Crippen molar-refractivity contribution in [2.45, 2.75) is 10.3 Å². The highest BCUT2D eigenvalue weighted by Gasteiger charge is 2.36. The van der Waals surface area contributed by atoms with Crippen LogP contribution >= 0.6 is 34.5 Å². The van der Waals surface area contributed by atoms with Gasteiger partial charge >= 0.3 is 0 Å². The monoisotopic (exact) mass is 468 g/mol. The molecule has 1 fully saturated rings. The van der Waals surface area contributed by atoms with Crippen LogP contribution in [0.1, 0.15) is 11.6 Å². The zero-order chi connectivity index (χ0) is 20.6. The van der Waals surface area contributed by atoms with E-state index in [0.29, 0.717) is 27.3 Å². The topological polar surface area (TPSA) is 60.9 Å². The first-order valence-corrected chi connectivity index (χ1v) is 12.0. The fourth-order valence-electron chi connectivity index (χ4n) is 3.50. The molecule has 5 nitrogen and oxygen atoms in total. The maximum atomic E-state index is 13.1. The van der Waals surface area contributed by atoms with Gasteiger partial charge in [-0.3, -0.25) is 0 Å². The van der Waals surface area contributed by atoms with Crippen LogP contribution in [0.3, 0.4) is 0 Å². The second-order valence-corrected chi connectivity index (χ2v) is 10.6. The molecule has 0 unspecified atom stereocenters. The highest BCUT2D eigenvalue weighted by molar-refractivity contribution is 7.91. The van der Waals surface area contributed by atoms with Crippen molar-refractivity contribution in [3.8, 4) is 5.75 Å². The number of hydrogen-bond donors (Lipinski definition) is 1. The Morgan fingerprint density at radius 2 is 1.79 bits per heavy atom. The summed E-state index contributed by atoms with van der Waals surface area (Å²) in [6.45, 7) is 1.06. The van der Waals surface area contributed by atoms with E-state index in [4.69, 9.17) is 23.2 Å². The molecule has 4 rings (SSSR count). The quantitative estimate of drug-likeness (QED) is 0.584. The lowest BCUT2D eigenvalue weighted by molar-refractivity contribution is 0.336. The van der Waals surface area contributed by atoms with Crippen molar-refractivity contribution in [1.82, 2.24) is 4.31 Å². The standard InChI is InChI=1S/C20H18Cl2N2O3S2/c21-14-3-8-18(22)17(12-14)19-13-23(29(26,27)20-2-1-11-28-20)9-10-24(19)15-4-6-16(25)7-5-15/h1-8,11-12,19,25H,9-10,13H2/t19-/m0/s1. The predicted molar refractivity (Wildman–Crippen MR) is 118 cm³/mol. The summed E-state index contributed by atoms with van der Waals surface area (Å²) < 4.78 is 28.0. The molecule has 1 saturated heterocycles. The number of benzene rings is 2.